The van der Waals surface area contributed by atoms with Crippen molar-refractivity contribution >= 4 is 11.8 Å². The third-order valence-corrected chi connectivity index (χ3v) is 4.13. The number of carbonyl (C=O) groups excluding carboxylic acids is 2. The molecule has 0 aromatic carbocycles. The molecule has 0 radical (unpaired) electrons. The van der Waals surface area contributed by atoms with Gasteiger partial charge in [-0.1, -0.05) is 12.2 Å². The molecular formula is C14H20N2O2. The quantitative estimate of drug-likeness (QED) is 0.601. The topological polar surface area (TPSA) is 49.4 Å². The van der Waals surface area contributed by atoms with E-state index in [1.807, 2.05) is 0 Å². The molecule has 2 aliphatic carbocycles. The fraction of sp³-hybridized carbons (Fsp3) is 0.714. The zero-order valence-corrected chi connectivity index (χ0v) is 10.6. The molecule has 1 heterocycles. The van der Waals surface area contributed by atoms with Gasteiger partial charge in [-0.3, -0.25) is 14.5 Å². The van der Waals surface area contributed by atoms with Crippen molar-refractivity contribution in [3.8, 4) is 0 Å². The summed E-state index contributed by atoms with van der Waals surface area (Å²) < 4.78 is 0. The van der Waals surface area contributed by atoms with Gasteiger partial charge in [-0.15, -0.1) is 0 Å². The second kappa shape index (κ2) is 4.84. The number of hydrogen-bond donors (Lipinski definition) is 1. The van der Waals surface area contributed by atoms with E-state index in [1.54, 1.807) is 0 Å². The summed E-state index contributed by atoms with van der Waals surface area (Å²) >= 11 is 0. The normalized spacial score (nSPS) is 32.3. The van der Waals surface area contributed by atoms with Crippen LogP contribution in [0.3, 0.4) is 0 Å². The summed E-state index contributed by atoms with van der Waals surface area (Å²) in [6.45, 7) is 0.854. The highest BCUT2D eigenvalue weighted by Crippen LogP contribution is 2.31. The Morgan fingerprint density at radius 3 is 2.72 bits per heavy atom. The van der Waals surface area contributed by atoms with E-state index in [4.69, 9.17) is 0 Å². The highest BCUT2D eigenvalue weighted by atomic mass is 16.2. The van der Waals surface area contributed by atoms with Crippen LogP contribution in [0.25, 0.3) is 0 Å². The number of imide groups is 1. The maximum atomic E-state index is 12.1. The van der Waals surface area contributed by atoms with Gasteiger partial charge in [0.05, 0.1) is 12.5 Å². The van der Waals surface area contributed by atoms with Gasteiger partial charge in [-0.05, 0) is 44.6 Å². The minimum absolute atomic E-state index is 0.00820. The lowest BCUT2D eigenvalue weighted by Crippen LogP contribution is -2.41. The van der Waals surface area contributed by atoms with Crippen molar-refractivity contribution in [3.05, 3.63) is 12.2 Å². The van der Waals surface area contributed by atoms with Gasteiger partial charge >= 0.3 is 0 Å². The molecule has 1 aliphatic heterocycles. The fourth-order valence-corrected chi connectivity index (χ4v) is 2.88. The molecule has 18 heavy (non-hydrogen) atoms. The lowest BCUT2D eigenvalue weighted by atomic mass is 9.94. The Morgan fingerprint density at radius 2 is 2.06 bits per heavy atom. The standard InChI is InChI=1S/C14H20N2O2/c17-13-8-12(14(18)16(13)11-6-7-11)15-9-10-4-2-1-3-5-10/h1-2,10-12,15H,3-9H2. The smallest absolute Gasteiger partial charge is 0.247 e. The summed E-state index contributed by atoms with van der Waals surface area (Å²) in [7, 11) is 0. The lowest BCUT2D eigenvalue weighted by molar-refractivity contribution is -0.139. The highest BCUT2D eigenvalue weighted by molar-refractivity contribution is 6.06. The average Bonchev–Trinajstić information content (AvgIpc) is 3.16. The van der Waals surface area contributed by atoms with Crippen molar-refractivity contribution in [1.82, 2.24) is 10.2 Å². The molecule has 0 aromatic heterocycles. The van der Waals surface area contributed by atoms with Crippen LogP contribution >= 0.6 is 0 Å². The monoisotopic (exact) mass is 248 g/mol. The molecule has 2 fully saturated rings. The summed E-state index contributed by atoms with van der Waals surface area (Å²) in [6, 6.07) is -0.0431. The first-order valence-corrected chi connectivity index (χ1v) is 7.00. The summed E-state index contributed by atoms with van der Waals surface area (Å²) in [5, 5.41) is 3.30. The van der Waals surface area contributed by atoms with Gasteiger partial charge in [-0.2, -0.15) is 0 Å². The molecule has 4 heteroatoms. The molecule has 98 valence electrons. The second-order valence-electron chi connectivity index (χ2n) is 5.65. The number of rotatable bonds is 4. The maximum absolute atomic E-state index is 12.1. The highest BCUT2D eigenvalue weighted by Gasteiger charge is 2.45. The number of nitrogens with one attached hydrogen (secondary N) is 1. The predicted octanol–water partition coefficient (Wildman–Crippen LogP) is 1.22. The van der Waals surface area contributed by atoms with Crippen molar-refractivity contribution in [2.45, 2.75) is 50.6 Å². The largest absolute Gasteiger partial charge is 0.305 e. The van der Waals surface area contributed by atoms with Crippen LogP contribution in [0.2, 0.25) is 0 Å². The van der Waals surface area contributed by atoms with Crippen LogP contribution in [-0.4, -0.2) is 35.3 Å². The Labute approximate surface area is 107 Å². The van der Waals surface area contributed by atoms with Crippen LogP contribution in [0.15, 0.2) is 12.2 Å². The minimum atomic E-state index is -0.260. The van der Waals surface area contributed by atoms with Gasteiger partial charge < -0.3 is 5.32 Å². The molecule has 3 aliphatic rings. The zero-order valence-electron chi connectivity index (χ0n) is 10.6. The fourth-order valence-electron chi connectivity index (χ4n) is 2.88. The number of amides is 2. The van der Waals surface area contributed by atoms with E-state index in [0.29, 0.717) is 12.3 Å². The Bertz CT molecular complexity index is 387. The molecule has 3 rings (SSSR count). The van der Waals surface area contributed by atoms with Crippen LogP contribution < -0.4 is 5.32 Å². The van der Waals surface area contributed by atoms with Gasteiger partial charge in [0.25, 0.3) is 0 Å². The van der Waals surface area contributed by atoms with Crippen molar-refractivity contribution < 1.29 is 9.59 Å². The first-order valence-electron chi connectivity index (χ1n) is 7.00. The van der Waals surface area contributed by atoms with Gasteiger partial charge in [-0.25, -0.2) is 0 Å². The average molecular weight is 248 g/mol. The summed E-state index contributed by atoms with van der Waals surface area (Å²) in [4.78, 5) is 25.4. The van der Waals surface area contributed by atoms with E-state index >= 15 is 0 Å². The van der Waals surface area contributed by atoms with Crippen molar-refractivity contribution in [2.24, 2.45) is 5.92 Å². The number of hydrogen-bond acceptors (Lipinski definition) is 3. The van der Waals surface area contributed by atoms with E-state index in [0.717, 1.165) is 32.2 Å². The van der Waals surface area contributed by atoms with Crippen LogP contribution in [0, 0.1) is 5.92 Å². The zero-order chi connectivity index (χ0) is 12.5. The Kier molecular flexibility index (Phi) is 3.20. The van der Waals surface area contributed by atoms with Crippen LogP contribution in [0.5, 0.6) is 0 Å². The second-order valence-corrected chi connectivity index (χ2v) is 5.65. The van der Waals surface area contributed by atoms with E-state index < -0.39 is 0 Å². The molecule has 2 amide bonds. The van der Waals surface area contributed by atoms with Gasteiger partial charge in [0.15, 0.2) is 0 Å². The number of allylic oxidation sites excluding steroid dienone is 2. The first-order chi connectivity index (χ1) is 8.75. The summed E-state index contributed by atoms with van der Waals surface area (Å²) in [6.07, 6.45) is 10.2. The maximum Gasteiger partial charge on any atom is 0.247 e. The number of carbonyl (C=O) groups is 2. The summed E-state index contributed by atoms with van der Waals surface area (Å²) in [5.74, 6) is 0.644. The number of nitrogens with zero attached hydrogens (tertiary/aromatic N) is 1. The van der Waals surface area contributed by atoms with E-state index in [1.165, 1.54) is 11.3 Å². The van der Waals surface area contributed by atoms with E-state index in [-0.39, 0.29) is 23.9 Å². The van der Waals surface area contributed by atoms with Gasteiger partial charge in [0, 0.05) is 6.04 Å². The van der Waals surface area contributed by atoms with Gasteiger partial charge in [0.2, 0.25) is 11.8 Å². The van der Waals surface area contributed by atoms with Crippen molar-refractivity contribution in [1.29, 1.82) is 0 Å². The SMILES string of the molecule is O=C1CC(NCC2CC=CCC2)C(=O)N1C1CC1. The molecular weight excluding hydrogens is 228 g/mol. The first kappa shape index (κ1) is 11.9. The molecule has 0 bridgehead atoms. The third-order valence-electron chi connectivity index (χ3n) is 4.13. The van der Waals surface area contributed by atoms with Crippen molar-refractivity contribution in [2.75, 3.05) is 6.54 Å². The summed E-state index contributed by atoms with van der Waals surface area (Å²) in [5.41, 5.74) is 0. The Morgan fingerprint density at radius 1 is 1.22 bits per heavy atom. The predicted molar refractivity (Wildman–Crippen MR) is 67.8 cm³/mol. The number of likely N-dealkylation sites (tertiary alicyclic amines) is 1. The Hall–Kier alpha value is -1.16. The third kappa shape index (κ3) is 2.34. The lowest BCUT2D eigenvalue weighted by Gasteiger charge is -2.20. The molecule has 1 saturated carbocycles. The molecule has 0 spiro atoms. The van der Waals surface area contributed by atoms with E-state index in [9.17, 15) is 9.59 Å². The van der Waals surface area contributed by atoms with Gasteiger partial charge in [0.1, 0.15) is 0 Å². The molecule has 1 saturated heterocycles. The Balaban J connectivity index is 1.52. The molecule has 0 aromatic rings. The van der Waals surface area contributed by atoms with Crippen molar-refractivity contribution in [3.63, 3.8) is 0 Å². The minimum Gasteiger partial charge on any atom is -0.305 e. The molecule has 2 atom stereocenters. The van der Waals surface area contributed by atoms with Crippen LogP contribution in [-0.2, 0) is 9.59 Å². The molecule has 1 N–H and O–H groups in total. The van der Waals surface area contributed by atoms with Crippen LogP contribution in [0.1, 0.15) is 38.5 Å². The van der Waals surface area contributed by atoms with Crippen LogP contribution in [0.4, 0.5) is 0 Å². The molecule has 2 unspecified atom stereocenters. The van der Waals surface area contributed by atoms with E-state index in [2.05, 4.69) is 17.5 Å². The molecule has 4 nitrogen and oxygen atoms in total.